The molecule has 0 radical (unpaired) electrons. The Hall–Kier alpha value is -3.06. The zero-order valence-corrected chi connectivity index (χ0v) is 13.3. The van der Waals surface area contributed by atoms with Gasteiger partial charge in [0.05, 0.1) is 5.56 Å². The first-order valence-corrected chi connectivity index (χ1v) is 8.20. The van der Waals surface area contributed by atoms with Crippen LogP contribution in [0.1, 0.15) is 22.8 Å². The summed E-state index contributed by atoms with van der Waals surface area (Å²) in [5, 5.41) is 0. The van der Waals surface area contributed by atoms with Crippen LogP contribution in [0.3, 0.4) is 0 Å². The van der Waals surface area contributed by atoms with Crippen LogP contribution in [-0.4, -0.2) is 4.74 Å². The molecule has 0 saturated carbocycles. The minimum absolute atomic E-state index is 0.0432. The van der Waals surface area contributed by atoms with E-state index in [1.165, 1.54) is 16.7 Å². The maximum atomic E-state index is 4.98. The van der Waals surface area contributed by atoms with Crippen LogP contribution in [0, 0.1) is 0 Å². The Balaban J connectivity index is 1.79. The molecule has 116 valence electrons. The van der Waals surface area contributed by atoms with Gasteiger partial charge in [-0.2, -0.15) is 0 Å². The summed E-state index contributed by atoms with van der Waals surface area (Å²) < 4.78 is 4.98. The van der Waals surface area contributed by atoms with E-state index >= 15 is 0 Å². The molecule has 0 fully saturated rings. The van der Waals surface area contributed by atoms with Gasteiger partial charge in [-0.1, -0.05) is 66.7 Å². The van der Waals surface area contributed by atoms with Crippen molar-refractivity contribution < 1.29 is 4.74 Å². The van der Waals surface area contributed by atoms with Crippen molar-refractivity contribution in [3.8, 4) is 0 Å². The van der Waals surface area contributed by atoms with Crippen molar-refractivity contribution in [2.45, 2.75) is 6.10 Å². The summed E-state index contributed by atoms with van der Waals surface area (Å²) in [6.45, 7) is 0. The molecule has 1 unspecified atom stereocenters. The van der Waals surface area contributed by atoms with Crippen LogP contribution in [-0.2, 0) is 0 Å². The van der Waals surface area contributed by atoms with Gasteiger partial charge in [0.1, 0.15) is 0 Å². The lowest BCUT2D eigenvalue weighted by Crippen LogP contribution is -2.10. The van der Waals surface area contributed by atoms with Crippen molar-refractivity contribution in [1.29, 1.82) is 0 Å². The van der Waals surface area contributed by atoms with Crippen LogP contribution in [0.25, 0.3) is 11.3 Å². The Kier molecular flexibility index (Phi) is 3.99. The van der Waals surface area contributed by atoms with Crippen LogP contribution in [0.5, 0.6) is 0 Å². The average Bonchev–Trinajstić information content (AvgIpc) is 2.70. The molecule has 0 saturated heterocycles. The first-order valence-electron chi connectivity index (χ1n) is 8.20. The lowest BCUT2D eigenvalue weighted by atomic mass is 9.97. The first-order chi connectivity index (χ1) is 11.9. The predicted molar refractivity (Wildman–Crippen MR) is 100 cm³/mol. The molecule has 0 spiro atoms. The van der Waals surface area contributed by atoms with Gasteiger partial charge in [0.2, 0.25) is 6.10 Å². The molecule has 0 aromatic heterocycles. The minimum Gasteiger partial charge on any atom is -0.574 e. The Morgan fingerprint density at radius 3 is 1.75 bits per heavy atom. The zero-order chi connectivity index (χ0) is 16.2. The van der Waals surface area contributed by atoms with Crippen LogP contribution in [0.4, 0.5) is 0 Å². The van der Waals surface area contributed by atoms with Crippen molar-refractivity contribution >= 4 is 11.3 Å². The Morgan fingerprint density at radius 1 is 0.583 bits per heavy atom. The van der Waals surface area contributed by atoms with Gasteiger partial charge in [-0.3, -0.25) is 0 Å². The number of ether oxygens (including phenoxy) is 1. The molecule has 3 aromatic rings. The van der Waals surface area contributed by atoms with Crippen molar-refractivity contribution in [1.82, 2.24) is 0 Å². The average molecular weight is 311 g/mol. The van der Waals surface area contributed by atoms with E-state index in [1.54, 1.807) is 0 Å². The fourth-order valence-electron chi connectivity index (χ4n) is 2.99. The summed E-state index contributed by atoms with van der Waals surface area (Å²) >= 11 is 0. The number of benzene rings is 3. The molecule has 1 N–H and O–H groups in total. The van der Waals surface area contributed by atoms with Crippen LogP contribution in [0.15, 0.2) is 103 Å². The molecule has 1 heteroatoms. The molecule has 1 aliphatic heterocycles. The highest BCUT2D eigenvalue weighted by Crippen LogP contribution is 2.34. The third-order valence-electron chi connectivity index (χ3n) is 4.23. The number of rotatable bonds is 3. The molecule has 0 amide bonds. The van der Waals surface area contributed by atoms with Gasteiger partial charge in [-0.25, -0.2) is 0 Å². The summed E-state index contributed by atoms with van der Waals surface area (Å²) in [6, 6.07) is 31.4. The molecule has 4 rings (SSSR count). The summed E-state index contributed by atoms with van der Waals surface area (Å²) in [5.41, 5.74) is 4.81. The second kappa shape index (κ2) is 6.59. The summed E-state index contributed by atoms with van der Waals surface area (Å²) in [6.07, 6.45) is 4.47. The summed E-state index contributed by atoms with van der Waals surface area (Å²) in [4.78, 5) is 0. The normalized spacial score (nSPS) is 16.8. The highest BCUT2D eigenvalue weighted by Gasteiger charge is 2.24. The maximum absolute atomic E-state index is 4.98. The Bertz CT molecular complexity index is 862. The van der Waals surface area contributed by atoms with E-state index in [0.29, 0.717) is 0 Å². The van der Waals surface area contributed by atoms with Gasteiger partial charge in [0, 0.05) is 17.7 Å². The van der Waals surface area contributed by atoms with E-state index in [1.807, 2.05) is 18.2 Å². The Labute approximate surface area is 142 Å². The van der Waals surface area contributed by atoms with Gasteiger partial charge >= 0.3 is 0 Å². The highest BCUT2D eigenvalue weighted by atomic mass is 16.5. The highest BCUT2D eigenvalue weighted by molar-refractivity contribution is 5.83. The molecule has 0 aliphatic carbocycles. The maximum Gasteiger partial charge on any atom is 0.263 e. The molecule has 1 atom stereocenters. The fraction of sp³-hybridized carbons (Fsp3) is 0.0435. The monoisotopic (exact) mass is 311 g/mol. The van der Waals surface area contributed by atoms with E-state index in [-0.39, 0.29) is 6.10 Å². The number of aliphatic hydroxyl groups is 2. The van der Waals surface area contributed by atoms with Gasteiger partial charge in [-0.15, -0.1) is 0 Å². The van der Waals surface area contributed by atoms with Crippen molar-refractivity contribution in [2.24, 2.45) is 0 Å². The number of hydrogen-bond donors (Lipinski definition) is 0. The van der Waals surface area contributed by atoms with Gasteiger partial charge in [0.15, 0.2) is 0 Å². The molecular weight excluding hydrogens is 292 g/mol. The van der Waals surface area contributed by atoms with Crippen molar-refractivity contribution in [3.05, 3.63) is 120 Å². The predicted octanol–water partition coefficient (Wildman–Crippen LogP) is 5.39. The summed E-state index contributed by atoms with van der Waals surface area (Å²) in [5.74, 6) is 1.03. The van der Waals surface area contributed by atoms with Gasteiger partial charge in [0.25, 0.3) is 5.76 Å². The standard InChI is InChI=1S/C23H18O/c1-4-10-18(11-5-1)21-16-22(19-12-6-2-7-13-19)24-23(17-21)20-14-8-3-9-15-20/h1-17,22H/p+1. The third-order valence-corrected chi connectivity index (χ3v) is 4.23. The van der Waals surface area contributed by atoms with Crippen molar-refractivity contribution in [3.63, 3.8) is 0 Å². The van der Waals surface area contributed by atoms with Gasteiger partial charge < -0.3 is 4.74 Å². The van der Waals surface area contributed by atoms with Crippen LogP contribution in [0.2, 0.25) is 0 Å². The van der Waals surface area contributed by atoms with E-state index in [2.05, 4.69) is 84.9 Å². The van der Waals surface area contributed by atoms with Crippen molar-refractivity contribution in [2.75, 3.05) is 0 Å². The molecule has 24 heavy (non-hydrogen) atoms. The Morgan fingerprint density at radius 2 is 1.12 bits per heavy atom. The first kappa shape index (κ1) is 14.5. The second-order valence-electron chi connectivity index (χ2n) is 5.87. The van der Waals surface area contributed by atoms with E-state index in [4.69, 9.17) is 4.74 Å². The topological polar surface area (TPSA) is 12.8 Å². The zero-order valence-electron chi connectivity index (χ0n) is 13.3. The van der Waals surface area contributed by atoms with E-state index in [9.17, 15) is 0 Å². The van der Waals surface area contributed by atoms with Crippen LogP contribution >= 0.6 is 0 Å². The largest absolute Gasteiger partial charge is 0.574 e. The lowest BCUT2D eigenvalue weighted by Gasteiger charge is -2.22. The number of allylic oxidation sites excluding steroid dienone is 2. The fourth-order valence-corrected chi connectivity index (χ4v) is 2.99. The second-order valence-corrected chi connectivity index (χ2v) is 5.87. The molecular formula is C23H19O+. The molecule has 1 aliphatic rings. The molecule has 1 heterocycles. The SMILES string of the molecule is C1=C(c2ccccc2)C=C(c2ccccc2)[OH+]C1c1ccccc1. The smallest absolute Gasteiger partial charge is 0.263 e. The lowest BCUT2D eigenvalue weighted by molar-refractivity contribution is 0.0359. The van der Waals surface area contributed by atoms with E-state index in [0.717, 1.165) is 11.3 Å². The molecule has 0 bridgehead atoms. The molecule has 3 aromatic carbocycles. The quantitative estimate of drug-likeness (QED) is 0.575. The van der Waals surface area contributed by atoms with E-state index < -0.39 is 0 Å². The van der Waals surface area contributed by atoms with Gasteiger partial charge in [-0.05, 0) is 35.4 Å². The van der Waals surface area contributed by atoms with Crippen LogP contribution < -0.4 is 0 Å². The number of hydrogen-bond acceptors (Lipinski definition) is 0. The minimum atomic E-state index is 0.0432. The summed E-state index contributed by atoms with van der Waals surface area (Å²) in [7, 11) is 0. The third kappa shape index (κ3) is 3.02. The molecule has 1 nitrogen and oxygen atoms in total.